The molecule has 6 atom stereocenters. The van der Waals surface area contributed by atoms with Gasteiger partial charge in [0.25, 0.3) is 0 Å². The molecule has 134 valence electrons. The van der Waals surface area contributed by atoms with Gasteiger partial charge in [0, 0.05) is 6.61 Å². The molecule has 0 aromatic rings. The molecule has 0 spiro atoms. The lowest BCUT2D eigenvalue weighted by Gasteiger charge is -2.53. The molecule has 3 rings (SSSR count). The van der Waals surface area contributed by atoms with Crippen LogP contribution in [-0.2, 0) is 0 Å². The number of hydrogen-bond donors (Lipinski definition) is 3. The molecule has 0 heterocycles. The molecule has 2 unspecified atom stereocenters. The van der Waals surface area contributed by atoms with Crippen LogP contribution < -0.4 is 0 Å². The average Bonchev–Trinajstić information content (AvgIpc) is 3.11. The molecule has 0 amide bonds. The minimum absolute atomic E-state index is 0.00444. The van der Waals surface area contributed by atoms with Crippen molar-refractivity contribution in [3.63, 3.8) is 0 Å². The highest BCUT2D eigenvalue weighted by molar-refractivity contribution is 5.29. The van der Waals surface area contributed by atoms with E-state index in [1.54, 1.807) is 0 Å². The monoisotopic (exact) mass is 332 g/mol. The molecule has 3 saturated carbocycles. The molecule has 0 saturated heterocycles. The zero-order valence-corrected chi connectivity index (χ0v) is 14.8. The van der Waals surface area contributed by atoms with Crippen LogP contribution in [0, 0.1) is 41.4 Å². The van der Waals surface area contributed by atoms with E-state index in [4.69, 9.17) is 5.11 Å². The number of aliphatic hydroxyl groups excluding tert-OH is 3. The van der Waals surface area contributed by atoms with Crippen LogP contribution in [-0.4, -0.2) is 34.1 Å². The molecular formula is C21H32O3. The molecule has 3 N–H and O–H groups in total. The van der Waals surface area contributed by atoms with Gasteiger partial charge in [-0.15, -0.1) is 0 Å². The Labute approximate surface area is 146 Å². The topological polar surface area (TPSA) is 60.7 Å². The summed E-state index contributed by atoms with van der Waals surface area (Å²) in [5, 5.41) is 29.7. The highest BCUT2D eigenvalue weighted by Crippen LogP contribution is 2.55. The van der Waals surface area contributed by atoms with Gasteiger partial charge in [-0.1, -0.05) is 43.3 Å². The van der Waals surface area contributed by atoms with Crippen LogP contribution in [0.4, 0.5) is 0 Å². The van der Waals surface area contributed by atoms with Crippen molar-refractivity contribution >= 4 is 0 Å². The molecule has 0 aromatic heterocycles. The lowest BCUT2D eigenvalue weighted by molar-refractivity contribution is -0.0140. The first-order valence-electron chi connectivity index (χ1n) is 9.81. The Morgan fingerprint density at radius 3 is 2.67 bits per heavy atom. The normalized spacial score (nSPS) is 39.0. The number of aliphatic hydroxyl groups is 3. The summed E-state index contributed by atoms with van der Waals surface area (Å²) in [6.45, 7) is 2.49. The molecule has 24 heavy (non-hydrogen) atoms. The molecule has 0 aliphatic heterocycles. The van der Waals surface area contributed by atoms with Crippen LogP contribution in [0.5, 0.6) is 0 Å². The predicted molar refractivity (Wildman–Crippen MR) is 95.0 cm³/mol. The van der Waals surface area contributed by atoms with Gasteiger partial charge in [0.15, 0.2) is 0 Å². The van der Waals surface area contributed by atoms with Crippen molar-refractivity contribution in [2.75, 3.05) is 6.61 Å². The van der Waals surface area contributed by atoms with Gasteiger partial charge in [-0.3, -0.25) is 0 Å². The van der Waals surface area contributed by atoms with Gasteiger partial charge in [-0.2, -0.15) is 0 Å². The van der Waals surface area contributed by atoms with E-state index in [0.29, 0.717) is 23.7 Å². The highest BCUT2D eigenvalue weighted by Gasteiger charge is 2.50. The first kappa shape index (κ1) is 18.0. The quantitative estimate of drug-likeness (QED) is 0.421. The zero-order chi connectivity index (χ0) is 17.1. The van der Waals surface area contributed by atoms with E-state index in [1.165, 1.54) is 18.4 Å². The van der Waals surface area contributed by atoms with Gasteiger partial charge in [-0.25, -0.2) is 0 Å². The van der Waals surface area contributed by atoms with Gasteiger partial charge in [0.1, 0.15) is 6.10 Å². The van der Waals surface area contributed by atoms with Gasteiger partial charge in [0.2, 0.25) is 0 Å². The smallest absolute Gasteiger partial charge is 0.117 e. The molecule has 3 aliphatic carbocycles. The second-order valence-electron chi connectivity index (χ2n) is 7.99. The molecular weight excluding hydrogens is 300 g/mol. The summed E-state index contributed by atoms with van der Waals surface area (Å²) < 4.78 is 0. The maximum absolute atomic E-state index is 10.5. The lowest BCUT2D eigenvalue weighted by Crippen LogP contribution is -2.50. The molecule has 0 radical (unpaired) electrons. The Morgan fingerprint density at radius 2 is 1.96 bits per heavy atom. The van der Waals surface area contributed by atoms with Crippen LogP contribution in [0.2, 0.25) is 0 Å². The van der Waals surface area contributed by atoms with E-state index in [1.807, 2.05) is 0 Å². The summed E-state index contributed by atoms with van der Waals surface area (Å²) >= 11 is 0. The fourth-order valence-electron chi connectivity index (χ4n) is 5.18. The molecule has 3 aliphatic rings. The molecule has 3 heteroatoms. The fraction of sp³-hybridized carbons (Fsp3) is 0.810. The summed E-state index contributed by atoms with van der Waals surface area (Å²) in [4.78, 5) is 0. The summed E-state index contributed by atoms with van der Waals surface area (Å²) in [6, 6.07) is 0. The largest absolute Gasteiger partial charge is 0.396 e. The predicted octanol–water partition coefficient (Wildman–Crippen LogP) is 2.89. The minimum Gasteiger partial charge on any atom is -0.396 e. The van der Waals surface area contributed by atoms with E-state index in [9.17, 15) is 10.2 Å². The van der Waals surface area contributed by atoms with Gasteiger partial charge < -0.3 is 15.3 Å². The summed E-state index contributed by atoms with van der Waals surface area (Å²) in [6.07, 6.45) is 9.65. The standard InChI is InChI=1S/C21H32O3/c1-14-16(8-4-5-13-22)17-9-12-20(24)18(21(14)17)10-11-19(23)15-6-2-3-7-15/h8,14-15,17-24H,2-7,9,12-13H2,1H3/b16-8-/t14?,17-,18+,19?,20-,21+/m1/s1. The third kappa shape index (κ3) is 3.57. The van der Waals surface area contributed by atoms with Gasteiger partial charge >= 0.3 is 0 Å². The van der Waals surface area contributed by atoms with Gasteiger partial charge in [-0.05, 0) is 62.2 Å². The van der Waals surface area contributed by atoms with E-state index in [-0.39, 0.29) is 18.6 Å². The second-order valence-corrected chi connectivity index (χ2v) is 7.99. The number of fused-ring (bicyclic) bond motifs is 1. The third-order valence-corrected chi connectivity index (χ3v) is 6.59. The number of rotatable bonds is 4. The number of allylic oxidation sites excluding steroid dienone is 2. The summed E-state index contributed by atoms with van der Waals surface area (Å²) in [5.74, 6) is 8.15. The van der Waals surface area contributed by atoms with Crippen LogP contribution in [0.15, 0.2) is 11.6 Å². The van der Waals surface area contributed by atoms with Crippen LogP contribution in [0.25, 0.3) is 0 Å². The third-order valence-electron chi connectivity index (χ3n) is 6.59. The van der Waals surface area contributed by atoms with Crippen molar-refractivity contribution in [2.45, 2.75) is 70.5 Å². The summed E-state index contributed by atoms with van der Waals surface area (Å²) in [7, 11) is 0. The molecule has 0 aromatic carbocycles. The summed E-state index contributed by atoms with van der Waals surface area (Å²) in [5.41, 5.74) is 1.50. The molecule has 0 bridgehead atoms. The Kier molecular flexibility index (Phi) is 6.02. The second kappa shape index (κ2) is 8.04. The minimum atomic E-state index is -0.518. The first-order valence-corrected chi connectivity index (χ1v) is 9.81. The first-order chi connectivity index (χ1) is 11.6. The Morgan fingerprint density at radius 1 is 1.21 bits per heavy atom. The van der Waals surface area contributed by atoms with E-state index in [2.05, 4.69) is 24.8 Å². The molecule has 3 nitrogen and oxygen atoms in total. The van der Waals surface area contributed by atoms with E-state index < -0.39 is 6.10 Å². The zero-order valence-electron chi connectivity index (χ0n) is 14.8. The van der Waals surface area contributed by atoms with Gasteiger partial charge in [0.05, 0.1) is 12.0 Å². The van der Waals surface area contributed by atoms with Crippen LogP contribution in [0.1, 0.15) is 58.3 Å². The highest BCUT2D eigenvalue weighted by atomic mass is 16.3. The van der Waals surface area contributed by atoms with Crippen molar-refractivity contribution < 1.29 is 15.3 Å². The maximum atomic E-state index is 10.5. The van der Waals surface area contributed by atoms with Crippen LogP contribution in [0.3, 0.4) is 0 Å². The lowest BCUT2D eigenvalue weighted by atomic mass is 9.51. The van der Waals surface area contributed by atoms with Crippen molar-refractivity contribution in [2.24, 2.45) is 29.6 Å². The van der Waals surface area contributed by atoms with Crippen molar-refractivity contribution in [3.05, 3.63) is 11.6 Å². The van der Waals surface area contributed by atoms with Crippen molar-refractivity contribution in [1.29, 1.82) is 0 Å². The molecule has 3 fully saturated rings. The Bertz CT molecular complexity index is 509. The Balaban J connectivity index is 1.66. The average molecular weight is 332 g/mol. The van der Waals surface area contributed by atoms with Crippen molar-refractivity contribution in [3.8, 4) is 11.8 Å². The number of hydrogen-bond acceptors (Lipinski definition) is 3. The van der Waals surface area contributed by atoms with Crippen molar-refractivity contribution in [1.82, 2.24) is 0 Å². The van der Waals surface area contributed by atoms with E-state index >= 15 is 0 Å². The Hall–Kier alpha value is -0.820. The van der Waals surface area contributed by atoms with Crippen LogP contribution >= 0.6 is 0 Å². The SMILES string of the molecule is CC1/C(=C/CCCO)[C@H]2CC[C@@H](O)[C@H](C#CC(O)C3CCCC3)[C@@H]12. The van der Waals surface area contributed by atoms with E-state index in [0.717, 1.165) is 38.5 Å². The fourth-order valence-corrected chi connectivity index (χ4v) is 5.18. The number of unbranched alkanes of at least 4 members (excludes halogenated alkanes) is 1. The maximum Gasteiger partial charge on any atom is 0.117 e.